The maximum Gasteiger partial charge on any atom is 0.227 e. The molecule has 1 aromatic heterocycles. The van der Waals surface area contributed by atoms with Crippen LogP contribution in [0.4, 0.5) is 0 Å². The molecule has 2 heterocycles. The van der Waals surface area contributed by atoms with Crippen molar-refractivity contribution in [1.82, 2.24) is 25.1 Å². The van der Waals surface area contributed by atoms with E-state index in [2.05, 4.69) is 20.8 Å². The normalized spacial score (nSPS) is 19.8. The lowest BCUT2D eigenvalue weighted by Gasteiger charge is -2.30. The molecule has 180 valence electrons. The van der Waals surface area contributed by atoms with Crippen LogP contribution in [0.1, 0.15) is 63.6 Å². The first-order valence-corrected chi connectivity index (χ1v) is 12.9. The molecule has 0 aromatic carbocycles. The van der Waals surface area contributed by atoms with Gasteiger partial charge in [0.1, 0.15) is 5.54 Å². The largest absolute Gasteiger partial charge is 0.379 e. The number of aryl methyl sites for hydroxylation is 1. The second-order valence-electron chi connectivity index (χ2n) is 8.37. The third-order valence-corrected chi connectivity index (χ3v) is 7.75. The first-order valence-electron chi connectivity index (χ1n) is 11.2. The number of nitrogens with one attached hydrogen (secondary N) is 2. The van der Waals surface area contributed by atoms with E-state index < -0.39 is 15.6 Å². The van der Waals surface area contributed by atoms with Gasteiger partial charge in [0.15, 0.2) is 5.82 Å². The molecule has 0 unspecified atom stereocenters. The van der Waals surface area contributed by atoms with Crippen molar-refractivity contribution in [1.29, 1.82) is 0 Å². The summed E-state index contributed by atoms with van der Waals surface area (Å²) < 4.78 is 36.5. The summed E-state index contributed by atoms with van der Waals surface area (Å²) in [6, 6.07) is 0. The molecular formula is C20H33N5O6S. The zero-order chi connectivity index (χ0) is 23.0. The number of rotatable bonds is 9. The summed E-state index contributed by atoms with van der Waals surface area (Å²) in [5.41, 5.74) is -0.625. The fourth-order valence-electron chi connectivity index (χ4n) is 4.21. The Hall–Kier alpha value is -2.05. The van der Waals surface area contributed by atoms with Gasteiger partial charge in [-0.25, -0.2) is 8.42 Å². The number of carbonyl (C=O) groups excluding carboxylic acids is 2. The van der Waals surface area contributed by atoms with Crippen molar-refractivity contribution in [2.75, 3.05) is 38.6 Å². The Morgan fingerprint density at radius 2 is 1.81 bits per heavy atom. The van der Waals surface area contributed by atoms with Crippen molar-refractivity contribution in [3.8, 4) is 0 Å². The van der Waals surface area contributed by atoms with Crippen molar-refractivity contribution in [2.45, 2.75) is 63.8 Å². The maximum absolute atomic E-state index is 12.3. The molecule has 0 atom stereocenters. The molecule has 0 radical (unpaired) electrons. The third-order valence-electron chi connectivity index (χ3n) is 5.88. The molecule has 2 amide bonds. The van der Waals surface area contributed by atoms with E-state index in [1.807, 2.05) is 0 Å². The molecule has 2 aliphatic rings. The van der Waals surface area contributed by atoms with E-state index in [9.17, 15) is 18.0 Å². The molecular weight excluding hydrogens is 438 g/mol. The van der Waals surface area contributed by atoms with Gasteiger partial charge in [-0.3, -0.25) is 9.59 Å². The van der Waals surface area contributed by atoms with Gasteiger partial charge in [0.25, 0.3) is 0 Å². The Bertz CT molecular complexity index is 873. The van der Waals surface area contributed by atoms with Crippen LogP contribution >= 0.6 is 0 Å². The van der Waals surface area contributed by atoms with Crippen LogP contribution in [0.15, 0.2) is 4.52 Å². The van der Waals surface area contributed by atoms with Crippen LogP contribution in [0.2, 0.25) is 0 Å². The topological polar surface area (TPSA) is 144 Å². The SMILES string of the molecule is CC(=O)NC1(c2noc(CCC(=O)NCCS(=O)(=O)N3CCOCC3)n2)CCCCCC1. The highest BCUT2D eigenvalue weighted by Crippen LogP contribution is 2.34. The minimum atomic E-state index is -3.41. The number of morpholine rings is 1. The summed E-state index contributed by atoms with van der Waals surface area (Å²) in [5.74, 6) is 0.215. The highest BCUT2D eigenvalue weighted by atomic mass is 32.2. The lowest BCUT2D eigenvalue weighted by Crippen LogP contribution is -2.45. The predicted molar refractivity (Wildman–Crippen MR) is 115 cm³/mol. The van der Waals surface area contributed by atoms with Crippen molar-refractivity contribution in [3.63, 3.8) is 0 Å². The Labute approximate surface area is 188 Å². The van der Waals surface area contributed by atoms with E-state index in [-0.39, 0.29) is 37.0 Å². The average molecular weight is 472 g/mol. The highest BCUT2D eigenvalue weighted by Gasteiger charge is 2.38. The van der Waals surface area contributed by atoms with Gasteiger partial charge in [-0.2, -0.15) is 9.29 Å². The third kappa shape index (κ3) is 6.72. The highest BCUT2D eigenvalue weighted by molar-refractivity contribution is 7.89. The van der Waals surface area contributed by atoms with Crippen LogP contribution in [0.5, 0.6) is 0 Å². The number of nitrogens with zero attached hydrogens (tertiary/aromatic N) is 3. The molecule has 32 heavy (non-hydrogen) atoms. The summed E-state index contributed by atoms with van der Waals surface area (Å²) in [4.78, 5) is 28.4. The molecule has 2 N–H and O–H groups in total. The molecule has 3 rings (SSSR count). The second kappa shape index (κ2) is 11.2. The fraction of sp³-hybridized carbons (Fsp3) is 0.800. The van der Waals surface area contributed by atoms with E-state index in [1.54, 1.807) is 0 Å². The van der Waals surface area contributed by atoms with Crippen LogP contribution in [0.3, 0.4) is 0 Å². The molecule has 1 saturated heterocycles. The van der Waals surface area contributed by atoms with Crippen molar-refractivity contribution in [3.05, 3.63) is 11.7 Å². The van der Waals surface area contributed by atoms with E-state index in [4.69, 9.17) is 9.26 Å². The monoisotopic (exact) mass is 471 g/mol. The first kappa shape index (κ1) is 24.6. The fourth-order valence-corrected chi connectivity index (χ4v) is 5.53. The van der Waals surface area contributed by atoms with Gasteiger partial charge in [-0.15, -0.1) is 0 Å². The molecule has 2 fully saturated rings. The number of hydrogen-bond acceptors (Lipinski definition) is 8. The van der Waals surface area contributed by atoms with Gasteiger partial charge in [0.05, 0.1) is 19.0 Å². The summed E-state index contributed by atoms with van der Waals surface area (Å²) in [7, 11) is -3.41. The Kier molecular flexibility index (Phi) is 8.60. The van der Waals surface area contributed by atoms with Gasteiger partial charge < -0.3 is 19.9 Å². The Balaban J connectivity index is 1.48. The zero-order valence-electron chi connectivity index (χ0n) is 18.6. The number of carbonyl (C=O) groups is 2. The lowest BCUT2D eigenvalue weighted by atomic mass is 9.89. The van der Waals surface area contributed by atoms with Crippen LogP contribution in [0.25, 0.3) is 0 Å². The van der Waals surface area contributed by atoms with Crippen LogP contribution in [-0.2, 0) is 36.3 Å². The molecule has 0 spiro atoms. The molecule has 1 aromatic rings. The van der Waals surface area contributed by atoms with Crippen LogP contribution in [-0.4, -0.2) is 73.3 Å². The van der Waals surface area contributed by atoms with E-state index in [0.717, 1.165) is 38.5 Å². The Morgan fingerprint density at radius 3 is 2.47 bits per heavy atom. The van der Waals surface area contributed by atoms with Gasteiger partial charge in [-0.1, -0.05) is 30.8 Å². The molecule has 1 aliphatic carbocycles. The first-order chi connectivity index (χ1) is 15.3. The summed E-state index contributed by atoms with van der Waals surface area (Å²) in [6.45, 7) is 2.99. The summed E-state index contributed by atoms with van der Waals surface area (Å²) >= 11 is 0. The zero-order valence-corrected chi connectivity index (χ0v) is 19.4. The van der Waals surface area contributed by atoms with Crippen LogP contribution in [0, 0.1) is 0 Å². The molecule has 11 nitrogen and oxygen atoms in total. The number of ether oxygens (including phenoxy) is 1. The van der Waals surface area contributed by atoms with Gasteiger partial charge >= 0.3 is 0 Å². The van der Waals surface area contributed by atoms with Crippen molar-refractivity contribution < 1.29 is 27.3 Å². The van der Waals surface area contributed by atoms with Gasteiger partial charge in [0.2, 0.25) is 27.7 Å². The van der Waals surface area contributed by atoms with E-state index in [1.165, 1.54) is 11.2 Å². The quantitative estimate of drug-likeness (QED) is 0.495. The van der Waals surface area contributed by atoms with Crippen molar-refractivity contribution in [2.24, 2.45) is 0 Å². The van der Waals surface area contributed by atoms with Crippen molar-refractivity contribution >= 4 is 21.8 Å². The smallest absolute Gasteiger partial charge is 0.227 e. The Morgan fingerprint density at radius 1 is 1.12 bits per heavy atom. The predicted octanol–water partition coefficient (Wildman–Crippen LogP) is 0.466. The number of sulfonamides is 1. The van der Waals surface area contributed by atoms with Gasteiger partial charge in [-0.05, 0) is 12.8 Å². The van der Waals surface area contributed by atoms with E-state index in [0.29, 0.717) is 38.0 Å². The molecule has 1 aliphatic heterocycles. The van der Waals surface area contributed by atoms with E-state index >= 15 is 0 Å². The minimum Gasteiger partial charge on any atom is -0.379 e. The molecule has 12 heteroatoms. The maximum atomic E-state index is 12.3. The second-order valence-corrected chi connectivity index (χ2v) is 10.5. The number of aromatic nitrogens is 2. The molecule has 1 saturated carbocycles. The van der Waals surface area contributed by atoms with Crippen LogP contribution < -0.4 is 10.6 Å². The minimum absolute atomic E-state index is 0.0409. The average Bonchev–Trinajstić information content (AvgIpc) is 3.13. The van der Waals surface area contributed by atoms with Gasteiger partial charge in [0, 0.05) is 39.4 Å². The summed E-state index contributed by atoms with van der Waals surface area (Å²) in [5, 5.41) is 9.77. The number of hydrogen-bond donors (Lipinski definition) is 2. The number of amides is 2. The molecule has 0 bridgehead atoms. The lowest BCUT2D eigenvalue weighted by molar-refractivity contribution is -0.122. The standard InChI is InChI=1S/C20H33N5O6S/c1-16(26)23-20(8-4-2-3-5-9-20)19-22-18(31-24-19)7-6-17(27)21-10-15-32(28,29)25-11-13-30-14-12-25/h2-15H2,1H3,(H,21,27)(H,23,26). The summed E-state index contributed by atoms with van der Waals surface area (Å²) in [6.07, 6.45) is 6.01.